The molecule has 1 aliphatic heterocycles. The summed E-state index contributed by atoms with van der Waals surface area (Å²) in [6.45, 7) is 5.97. The van der Waals surface area contributed by atoms with E-state index in [2.05, 4.69) is 55.2 Å². The summed E-state index contributed by atoms with van der Waals surface area (Å²) in [4.78, 5) is 21.7. The highest BCUT2D eigenvalue weighted by atomic mass is 16.1. The number of aliphatic imine (C=N–C) groups is 1. The van der Waals surface area contributed by atoms with Crippen LogP contribution in [-0.4, -0.2) is 48.9 Å². The molecule has 136 valence electrons. The molecule has 0 saturated carbocycles. The molecule has 1 amide bonds. The van der Waals surface area contributed by atoms with Crippen LogP contribution in [0.4, 0.5) is 0 Å². The van der Waals surface area contributed by atoms with Gasteiger partial charge in [0, 0.05) is 27.2 Å². The summed E-state index contributed by atoms with van der Waals surface area (Å²) >= 11 is 0. The minimum Gasteiger partial charge on any atom is -0.344 e. The van der Waals surface area contributed by atoms with Crippen molar-refractivity contribution in [2.45, 2.75) is 26.2 Å². The van der Waals surface area contributed by atoms with Crippen LogP contribution < -0.4 is 0 Å². The molecule has 1 atom stereocenters. The van der Waals surface area contributed by atoms with Gasteiger partial charge < -0.3 is 9.80 Å². The lowest BCUT2D eigenvalue weighted by molar-refractivity contribution is -0.118. The lowest BCUT2D eigenvalue weighted by atomic mass is 9.89. The van der Waals surface area contributed by atoms with E-state index < -0.39 is 0 Å². The van der Waals surface area contributed by atoms with Crippen LogP contribution in [0.3, 0.4) is 0 Å². The summed E-state index contributed by atoms with van der Waals surface area (Å²) < 4.78 is 0. The third kappa shape index (κ3) is 3.79. The zero-order valence-corrected chi connectivity index (χ0v) is 16.1. The predicted octanol–water partition coefficient (Wildman–Crippen LogP) is 3.45. The molecule has 0 aliphatic carbocycles. The number of carbonyl (C=O) groups excluding carboxylic acids is 1. The Morgan fingerprint density at radius 1 is 0.962 bits per heavy atom. The topological polar surface area (TPSA) is 35.9 Å². The van der Waals surface area contributed by atoms with Crippen LogP contribution >= 0.6 is 0 Å². The van der Waals surface area contributed by atoms with Crippen LogP contribution in [0.25, 0.3) is 0 Å². The fourth-order valence-electron chi connectivity index (χ4n) is 3.31. The zero-order valence-electron chi connectivity index (χ0n) is 16.1. The Bertz CT molecular complexity index is 781. The Morgan fingerprint density at radius 3 is 1.96 bits per heavy atom. The second kappa shape index (κ2) is 7.73. The first-order valence-corrected chi connectivity index (χ1v) is 9.19. The quantitative estimate of drug-likeness (QED) is 0.848. The van der Waals surface area contributed by atoms with Crippen molar-refractivity contribution in [3.05, 3.63) is 70.8 Å². The van der Waals surface area contributed by atoms with E-state index in [-0.39, 0.29) is 11.8 Å². The molecule has 0 N–H and O–H groups in total. The third-order valence-electron chi connectivity index (χ3n) is 5.04. The smallest absolute Gasteiger partial charge is 0.260 e. The molecule has 0 spiro atoms. The first kappa shape index (κ1) is 18.2. The average molecular weight is 349 g/mol. The number of guanidine groups is 1. The Labute approximate surface area is 156 Å². The molecule has 1 heterocycles. The molecule has 0 bridgehead atoms. The molecule has 4 heteroatoms. The Hall–Kier alpha value is -2.62. The Kier molecular flexibility index (Phi) is 5.40. The normalized spacial score (nSPS) is 15.3. The van der Waals surface area contributed by atoms with Crippen LogP contribution in [0.2, 0.25) is 0 Å². The van der Waals surface area contributed by atoms with Crippen molar-refractivity contribution in [2.75, 3.05) is 27.2 Å². The van der Waals surface area contributed by atoms with Crippen LogP contribution in [-0.2, 0) is 11.2 Å². The number of likely N-dealkylation sites (N-methyl/N-ethyl adjacent to an activating group) is 2. The van der Waals surface area contributed by atoms with Gasteiger partial charge in [-0.15, -0.1) is 0 Å². The molecule has 1 fully saturated rings. The highest BCUT2D eigenvalue weighted by molar-refractivity contribution is 5.98. The van der Waals surface area contributed by atoms with Gasteiger partial charge in [-0.25, -0.2) is 0 Å². The zero-order chi connectivity index (χ0) is 18.7. The molecule has 1 aliphatic rings. The first-order chi connectivity index (χ1) is 12.5. The monoisotopic (exact) mass is 349 g/mol. The van der Waals surface area contributed by atoms with Gasteiger partial charge in [-0.3, -0.25) is 4.79 Å². The number of amides is 1. The number of carbonyl (C=O) groups is 1. The number of aryl methyl sites for hydroxylation is 2. The van der Waals surface area contributed by atoms with E-state index in [1.165, 1.54) is 11.1 Å². The summed E-state index contributed by atoms with van der Waals surface area (Å²) in [5.41, 5.74) is 4.43. The van der Waals surface area contributed by atoms with E-state index >= 15 is 0 Å². The van der Waals surface area contributed by atoms with E-state index in [4.69, 9.17) is 0 Å². The lowest BCUT2D eigenvalue weighted by Gasteiger charge is -2.19. The van der Waals surface area contributed by atoms with Gasteiger partial charge >= 0.3 is 0 Å². The van der Waals surface area contributed by atoms with E-state index in [1.807, 2.05) is 36.0 Å². The largest absolute Gasteiger partial charge is 0.344 e. The van der Waals surface area contributed by atoms with E-state index in [0.717, 1.165) is 36.6 Å². The summed E-state index contributed by atoms with van der Waals surface area (Å²) in [5.74, 6) is 0.252. The fourth-order valence-corrected chi connectivity index (χ4v) is 3.31. The first-order valence-electron chi connectivity index (χ1n) is 9.19. The van der Waals surface area contributed by atoms with Crippen molar-refractivity contribution < 1.29 is 4.79 Å². The maximum Gasteiger partial charge on any atom is 0.260 e. The van der Waals surface area contributed by atoms with Crippen molar-refractivity contribution in [1.82, 2.24) is 9.80 Å². The molecule has 0 aromatic heterocycles. The van der Waals surface area contributed by atoms with Crippen molar-refractivity contribution >= 4 is 11.9 Å². The molecule has 2 aromatic rings. The van der Waals surface area contributed by atoms with Crippen molar-refractivity contribution in [3.63, 3.8) is 0 Å². The molecular formula is C22H27N3O. The molecule has 1 unspecified atom stereocenters. The van der Waals surface area contributed by atoms with Crippen molar-refractivity contribution in [2.24, 2.45) is 4.99 Å². The lowest BCUT2D eigenvalue weighted by Crippen LogP contribution is -2.30. The standard InChI is InChI=1S/C22H27N3O/c1-5-17-8-12-19(13-9-17)20(18-10-6-16(2)7-11-18)21(26)23-22-24(3)14-15-25(22)4/h6-13,20H,5,14-15H2,1-4H3. The van der Waals surface area contributed by atoms with Gasteiger partial charge in [0.1, 0.15) is 0 Å². The Morgan fingerprint density at radius 2 is 1.46 bits per heavy atom. The predicted molar refractivity (Wildman–Crippen MR) is 107 cm³/mol. The number of nitrogens with zero attached hydrogens (tertiary/aromatic N) is 3. The van der Waals surface area contributed by atoms with Gasteiger partial charge in [0.15, 0.2) is 0 Å². The summed E-state index contributed by atoms with van der Waals surface area (Å²) in [6.07, 6.45) is 0.987. The maximum atomic E-state index is 13.2. The highest BCUT2D eigenvalue weighted by Gasteiger charge is 2.26. The van der Waals surface area contributed by atoms with E-state index in [0.29, 0.717) is 0 Å². The van der Waals surface area contributed by atoms with Gasteiger partial charge in [-0.2, -0.15) is 4.99 Å². The third-order valence-corrected chi connectivity index (χ3v) is 5.04. The second-order valence-corrected chi connectivity index (χ2v) is 7.03. The van der Waals surface area contributed by atoms with E-state index in [9.17, 15) is 4.79 Å². The molecule has 0 radical (unpaired) electrons. The molecule has 3 rings (SSSR count). The van der Waals surface area contributed by atoms with Crippen molar-refractivity contribution in [3.8, 4) is 0 Å². The van der Waals surface area contributed by atoms with Gasteiger partial charge in [0.2, 0.25) is 5.96 Å². The fraction of sp³-hybridized carbons (Fsp3) is 0.364. The minimum absolute atomic E-state index is 0.117. The molecule has 4 nitrogen and oxygen atoms in total. The van der Waals surface area contributed by atoms with Crippen LogP contribution in [0.5, 0.6) is 0 Å². The van der Waals surface area contributed by atoms with Gasteiger partial charge in [-0.1, -0.05) is 61.0 Å². The van der Waals surface area contributed by atoms with Crippen molar-refractivity contribution in [1.29, 1.82) is 0 Å². The van der Waals surface area contributed by atoms with Crippen LogP contribution in [0.15, 0.2) is 53.5 Å². The number of hydrogen-bond donors (Lipinski definition) is 0. The summed E-state index contributed by atoms with van der Waals surface area (Å²) in [7, 11) is 3.96. The minimum atomic E-state index is -0.378. The summed E-state index contributed by atoms with van der Waals surface area (Å²) in [6, 6.07) is 16.5. The second-order valence-electron chi connectivity index (χ2n) is 7.03. The molecule has 26 heavy (non-hydrogen) atoms. The van der Waals surface area contributed by atoms with Gasteiger partial charge in [0.05, 0.1) is 5.92 Å². The highest BCUT2D eigenvalue weighted by Crippen LogP contribution is 2.27. The molecule has 2 aromatic carbocycles. The van der Waals surface area contributed by atoms with Gasteiger partial charge in [-0.05, 0) is 30.0 Å². The van der Waals surface area contributed by atoms with E-state index in [1.54, 1.807) is 0 Å². The maximum absolute atomic E-state index is 13.2. The van der Waals surface area contributed by atoms with Gasteiger partial charge in [0.25, 0.3) is 5.91 Å². The number of rotatable bonds is 4. The SMILES string of the molecule is CCc1ccc(C(C(=O)N=C2N(C)CCN2C)c2ccc(C)cc2)cc1. The average Bonchev–Trinajstić information content (AvgIpc) is 2.96. The number of hydrogen-bond acceptors (Lipinski definition) is 1. The molecular weight excluding hydrogens is 322 g/mol. The number of benzene rings is 2. The molecule has 1 saturated heterocycles. The van der Waals surface area contributed by atoms with Crippen LogP contribution in [0, 0.1) is 6.92 Å². The summed E-state index contributed by atoms with van der Waals surface area (Å²) in [5, 5.41) is 0. The van der Waals surface area contributed by atoms with Crippen LogP contribution in [0.1, 0.15) is 35.1 Å². The Balaban J connectivity index is 2.00.